The molecule has 128 valence electrons. The summed E-state index contributed by atoms with van der Waals surface area (Å²) in [5, 5.41) is 8.96. The molecule has 23 heavy (non-hydrogen) atoms. The van der Waals surface area contributed by atoms with Crippen LogP contribution in [0.1, 0.15) is 41.9 Å². The molecule has 4 nitrogen and oxygen atoms in total. The van der Waals surface area contributed by atoms with E-state index in [1.165, 1.54) is 9.75 Å². The zero-order valence-corrected chi connectivity index (χ0v) is 14.9. The number of piperidine rings is 2. The standard InChI is InChI=1S/C18H28N2O2S/c1-14-4-6-16(23-14)13-19-10-8-17-15(12-19)5-7-18(22)20(17)9-2-3-11-21/h4,6,15,17,21H,2-3,5,7-13H2,1H3/t15-,17+/m0/s1. The van der Waals surface area contributed by atoms with Gasteiger partial charge >= 0.3 is 0 Å². The Bertz CT molecular complexity index is 531. The van der Waals surface area contributed by atoms with Crippen molar-refractivity contribution in [3.8, 4) is 0 Å². The average Bonchev–Trinajstić information content (AvgIpc) is 2.95. The molecule has 0 saturated carbocycles. The molecule has 0 spiro atoms. The number of hydrogen-bond acceptors (Lipinski definition) is 4. The van der Waals surface area contributed by atoms with Crippen LogP contribution in [0.4, 0.5) is 0 Å². The molecule has 0 aromatic carbocycles. The minimum absolute atomic E-state index is 0.226. The molecule has 1 aromatic rings. The number of carbonyl (C=O) groups excluding carboxylic acids is 1. The molecular weight excluding hydrogens is 308 g/mol. The molecule has 2 aliphatic heterocycles. The Morgan fingerprint density at radius 3 is 2.91 bits per heavy atom. The molecule has 3 rings (SSSR count). The van der Waals surface area contributed by atoms with Gasteiger partial charge in [-0.3, -0.25) is 9.69 Å². The summed E-state index contributed by atoms with van der Waals surface area (Å²) >= 11 is 1.90. The van der Waals surface area contributed by atoms with Gasteiger partial charge in [0.15, 0.2) is 0 Å². The number of carbonyl (C=O) groups is 1. The van der Waals surface area contributed by atoms with E-state index in [0.717, 1.165) is 51.9 Å². The fourth-order valence-electron chi connectivity index (χ4n) is 4.05. The Morgan fingerprint density at radius 2 is 2.17 bits per heavy atom. The highest BCUT2D eigenvalue weighted by Crippen LogP contribution is 2.32. The molecule has 0 radical (unpaired) electrons. The van der Waals surface area contributed by atoms with Crippen LogP contribution < -0.4 is 0 Å². The largest absolute Gasteiger partial charge is 0.396 e. The van der Waals surface area contributed by atoms with Crippen molar-refractivity contribution in [2.75, 3.05) is 26.2 Å². The first-order valence-electron chi connectivity index (χ1n) is 8.85. The number of aryl methyl sites for hydroxylation is 1. The zero-order valence-electron chi connectivity index (χ0n) is 14.0. The lowest BCUT2D eigenvalue weighted by Gasteiger charge is -2.47. The third-order valence-corrected chi connectivity index (χ3v) is 6.20. The number of thiophene rings is 1. The van der Waals surface area contributed by atoms with Crippen LogP contribution in [-0.2, 0) is 11.3 Å². The number of amides is 1. The predicted molar refractivity (Wildman–Crippen MR) is 93.5 cm³/mol. The number of fused-ring (bicyclic) bond motifs is 1. The second kappa shape index (κ2) is 7.77. The second-order valence-corrected chi connectivity index (χ2v) is 8.29. The summed E-state index contributed by atoms with van der Waals surface area (Å²) < 4.78 is 0. The summed E-state index contributed by atoms with van der Waals surface area (Å²) in [7, 11) is 0. The highest BCUT2D eigenvalue weighted by molar-refractivity contribution is 7.11. The van der Waals surface area contributed by atoms with Crippen LogP contribution in [-0.4, -0.2) is 53.1 Å². The van der Waals surface area contributed by atoms with Gasteiger partial charge in [0, 0.05) is 55.0 Å². The minimum Gasteiger partial charge on any atom is -0.396 e. The highest BCUT2D eigenvalue weighted by Gasteiger charge is 2.38. The van der Waals surface area contributed by atoms with Crippen LogP contribution >= 0.6 is 11.3 Å². The second-order valence-electron chi connectivity index (χ2n) is 6.92. The first-order valence-corrected chi connectivity index (χ1v) is 9.67. The van der Waals surface area contributed by atoms with Gasteiger partial charge in [0.25, 0.3) is 0 Å². The van der Waals surface area contributed by atoms with Crippen molar-refractivity contribution in [1.29, 1.82) is 0 Å². The molecule has 0 unspecified atom stereocenters. The number of aliphatic hydroxyl groups excluding tert-OH is 1. The lowest BCUT2D eigenvalue weighted by Crippen LogP contribution is -2.55. The third kappa shape index (κ3) is 4.14. The summed E-state index contributed by atoms with van der Waals surface area (Å²) in [4.78, 5) is 19.8. The minimum atomic E-state index is 0.226. The molecule has 0 bridgehead atoms. The van der Waals surface area contributed by atoms with Crippen LogP contribution in [0, 0.1) is 12.8 Å². The lowest BCUT2D eigenvalue weighted by atomic mass is 9.83. The van der Waals surface area contributed by atoms with E-state index in [-0.39, 0.29) is 6.61 Å². The van der Waals surface area contributed by atoms with E-state index in [0.29, 0.717) is 24.3 Å². The van der Waals surface area contributed by atoms with Gasteiger partial charge in [-0.05, 0) is 50.7 Å². The van der Waals surface area contributed by atoms with Gasteiger partial charge < -0.3 is 10.0 Å². The molecule has 1 aromatic heterocycles. The van der Waals surface area contributed by atoms with E-state index < -0.39 is 0 Å². The number of likely N-dealkylation sites (tertiary alicyclic amines) is 2. The topological polar surface area (TPSA) is 43.8 Å². The first kappa shape index (κ1) is 16.9. The number of unbranched alkanes of at least 4 members (excludes halogenated alkanes) is 1. The summed E-state index contributed by atoms with van der Waals surface area (Å²) in [5.74, 6) is 0.947. The zero-order chi connectivity index (χ0) is 16.2. The van der Waals surface area contributed by atoms with Crippen LogP contribution in [0.2, 0.25) is 0 Å². The molecule has 0 aliphatic carbocycles. The molecular formula is C18H28N2O2S. The van der Waals surface area contributed by atoms with Crippen LogP contribution in [0.3, 0.4) is 0 Å². The number of hydrogen-bond donors (Lipinski definition) is 1. The maximum Gasteiger partial charge on any atom is 0.222 e. The van der Waals surface area contributed by atoms with Crippen molar-refractivity contribution >= 4 is 17.2 Å². The van der Waals surface area contributed by atoms with Gasteiger partial charge in [-0.2, -0.15) is 0 Å². The Labute approximate surface area is 143 Å². The van der Waals surface area contributed by atoms with E-state index >= 15 is 0 Å². The number of nitrogens with zero attached hydrogens (tertiary/aromatic N) is 2. The Morgan fingerprint density at radius 1 is 1.30 bits per heavy atom. The van der Waals surface area contributed by atoms with Crippen LogP contribution in [0.25, 0.3) is 0 Å². The third-order valence-electron chi connectivity index (χ3n) is 5.21. The van der Waals surface area contributed by atoms with Gasteiger partial charge in [0.2, 0.25) is 5.91 Å². The smallest absolute Gasteiger partial charge is 0.222 e. The maximum absolute atomic E-state index is 12.3. The van der Waals surface area contributed by atoms with Crippen LogP contribution in [0.15, 0.2) is 12.1 Å². The van der Waals surface area contributed by atoms with Gasteiger partial charge in [0.05, 0.1) is 0 Å². The van der Waals surface area contributed by atoms with Crippen molar-refractivity contribution in [3.05, 3.63) is 21.9 Å². The number of aliphatic hydroxyl groups is 1. The Hall–Kier alpha value is -0.910. The van der Waals surface area contributed by atoms with Crippen molar-refractivity contribution < 1.29 is 9.90 Å². The van der Waals surface area contributed by atoms with Gasteiger partial charge in [-0.25, -0.2) is 0 Å². The Kier molecular flexibility index (Phi) is 5.72. The predicted octanol–water partition coefficient (Wildman–Crippen LogP) is 2.64. The SMILES string of the molecule is Cc1ccc(CN2CC[C@@H]3[C@@H](CCC(=O)N3CCCCO)C2)s1. The monoisotopic (exact) mass is 336 g/mol. The molecule has 3 heterocycles. The molecule has 2 atom stereocenters. The van der Waals surface area contributed by atoms with E-state index in [9.17, 15) is 4.79 Å². The molecule has 1 N–H and O–H groups in total. The van der Waals surface area contributed by atoms with E-state index in [4.69, 9.17) is 5.11 Å². The van der Waals surface area contributed by atoms with Crippen molar-refractivity contribution in [2.24, 2.45) is 5.92 Å². The summed E-state index contributed by atoms with van der Waals surface area (Å²) in [6.07, 6.45) is 4.56. The average molecular weight is 337 g/mol. The van der Waals surface area contributed by atoms with Gasteiger partial charge in [0.1, 0.15) is 0 Å². The molecule has 2 fully saturated rings. The van der Waals surface area contributed by atoms with Gasteiger partial charge in [-0.1, -0.05) is 0 Å². The summed E-state index contributed by atoms with van der Waals surface area (Å²) in [6.45, 7) is 6.47. The Balaban J connectivity index is 1.57. The lowest BCUT2D eigenvalue weighted by molar-refractivity contribution is -0.141. The van der Waals surface area contributed by atoms with E-state index in [1.54, 1.807) is 0 Å². The van der Waals surface area contributed by atoms with E-state index in [1.807, 2.05) is 11.3 Å². The number of rotatable bonds is 6. The van der Waals surface area contributed by atoms with Crippen molar-refractivity contribution in [3.63, 3.8) is 0 Å². The fourth-order valence-corrected chi connectivity index (χ4v) is 4.98. The summed E-state index contributed by atoms with van der Waals surface area (Å²) in [6, 6.07) is 4.88. The maximum atomic E-state index is 12.3. The van der Waals surface area contributed by atoms with Gasteiger partial charge in [-0.15, -0.1) is 11.3 Å². The molecule has 2 aliphatic rings. The quantitative estimate of drug-likeness (QED) is 0.812. The first-order chi connectivity index (χ1) is 11.2. The molecule has 2 saturated heterocycles. The van der Waals surface area contributed by atoms with E-state index in [2.05, 4.69) is 28.9 Å². The highest BCUT2D eigenvalue weighted by atomic mass is 32.1. The van der Waals surface area contributed by atoms with Crippen molar-refractivity contribution in [2.45, 2.75) is 51.6 Å². The fraction of sp³-hybridized carbons (Fsp3) is 0.722. The van der Waals surface area contributed by atoms with Crippen LogP contribution in [0.5, 0.6) is 0 Å². The van der Waals surface area contributed by atoms with Crippen molar-refractivity contribution in [1.82, 2.24) is 9.80 Å². The summed E-state index contributed by atoms with van der Waals surface area (Å²) in [5.41, 5.74) is 0. The molecule has 1 amide bonds. The normalized spacial score (nSPS) is 25.7. The molecule has 5 heteroatoms.